The molecule has 2 N–H and O–H groups in total. The first-order chi connectivity index (χ1) is 8.76. The lowest BCUT2D eigenvalue weighted by molar-refractivity contribution is -0.274. The van der Waals surface area contributed by atoms with Crippen LogP contribution in [0.5, 0.6) is 5.75 Å². The topological polar surface area (TPSA) is 58.6 Å². The van der Waals surface area contributed by atoms with Gasteiger partial charge in [0, 0.05) is 18.2 Å². The number of benzene rings is 1. The van der Waals surface area contributed by atoms with Gasteiger partial charge in [-0.1, -0.05) is 0 Å². The lowest BCUT2D eigenvalue weighted by atomic mass is 10.1. The smallest absolute Gasteiger partial charge is 0.481 e. The molecule has 0 amide bonds. The van der Waals surface area contributed by atoms with Gasteiger partial charge in [-0.25, -0.2) is 0 Å². The minimum atomic E-state index is -4.70. The van der Waals surface area contributed by atoms with E-state index in [1.54, 1.807) is 6.92 Å². The van der Waals surface area contributed by atoms with E-state index in [0.717, 1.165) is 0 Å². The van der Waals surface area contributed by atoms with Crippen LogP contribution < -0.4 is 10.1 Å². The minimum absolute atomic E-state index is 0.0312. The van der Waals surface area contributed by atoms with E-state index in [2.05, 4.69) is 10.1 Å². The molecule has 19 heavy (non-hydrogen) atoms. The van der Waals surface area contributed by atoms with E-state index in [4.69, 9.17) is 5.11 Å². The highest BCUT2D eigenvalue weighted by Gasteiger charge is 2.30. The lowest BCUT2D eigenvalue weighted by Crippen LogP contribution is -2.18. The van der Waals surface area contributed by atoms with Crippen LogP contribution in [-0.4, -0.2) is 23.5 Å². The molecule has 0 aliphatic heterocycles. The molecule has 1 aromatic rings. The zero-order valence-corrected chi connectivity index (χ0v) is 10.2. The molecule has 0 aliphatic carbocycles. The number of rotatable bonds is 6. The van der Waals surface area contributed by atoms with E-state index in [1.165, 1.54) is 24.3 Å². The Morgan fingerprint density at radius 2 is 1.95 bits per heavy atom. The molecule has 1 rings (SSSR count). The molecule has 106 valence electrons. The Balaban J connectivity index is 2.50. The Labute approximate surface area is 108 Å². The first-order valence-corrected chi connectivity index (χ1v) is 5.60. The van der Waals surface area contributed by atoms with Gasteiger partial charge in [0.05, 0.1) is 0 Å². The predicted octanol–water partition coefficient (Wildman–Crippen LogP) is 3.25. The zero-order chi connectivity index (χ0) is 14.5. The van der Waals surface area contributed by atoms with Crippen LogP contribution in [0.1, 0.15) is 19.8 Å². The van der Waals surface area contributed by atoms with Gasteiger partial charge in [-0.2, -0.15) is 0 Å². The van der Waals surface area contributed by atoms with Gasteiger partial charge in [0.25, 0.3) is 0 Å². The summed E-state index contributed by atoms with van der Waals surface area (Å²) in [5.74, 6) is -1.18. The minimum Gasteiger partial charge on any atom is -0.481 e. The van der Waals surface area contributed by atoms with Crippen LogP contribution in [0.3, 0.4) is 0 Å². The predicted molar refractivity (Wildman–Crippen MR) is 63.1 cm³/mol. The molecule has 0 saturated carbocycles. The quantitative estimate of drug-likeness (QED) is 0.838. The summed E-state index contributed by atoms with van der Waals surface area (Å²) < 4.78 is 39.5. The second-order valence-corrected chi connectivity index (χ2v) is 4.05. The molecule has 1 unspecified atom stereocenters. The van der Waals surface area contributed by atoms with E-state index in [9.17, 15) is 18.0 Å². The Morgan fingerprint density at radius 1 is 1.37 bits per heavy atom. The van der Waals surface area contributed by atoms with E-state index in [1.807, 2.05) is 0 Å². The van der Waals surface area contributed by atoms with Gasteiger partial charge in [0.15, 0.2) is 0 Å². The largest absolute Gasteiger partial charge is 0.573 e. The highest BCUT2D eigenvalue weighted by Crippen LogP contribution is 2.24. The summed E-state index contributed by atoms with van der Waals surface area (Å²) in [6.45, 7) is 1.79. The highest BCUT2D eigenvalue weighted by molar-refractivity contribution is 5.66. The Morgan fingerprint density at radius 3 is 2.42 bits per heavy atom. The van der Waals surface area contributed by atoms with Crippen molar-refractivity contribution in [3.63, 3.8) is 0 Å². The average molecular weight is 277 g/mol. The maximum absolute atomic E-state index is 11.9. The van der Waals surface area contributed by atoms with Crippen LogP contribution in [0, 0.1) is 0 Å². The van der Waals surface area contributed by atoms with E-state index < -0.39 is 12.3 Å². The van der Waals surface area contributed by atoms with Crippen molar-refractivity contribution in [2.24, 2.45) is 0 Å². The first-order valence-electron chi connectivity index (χ1n) is 5.60. The number of carboxylic acids is 1. The van der Waals surface area contributed by atoms with Gasteiger partial charge in [0.2, 0.25) is 0 Å². The third-order valence-corrected chi connectivity index (χ3v) is 2.29. The van der Waals surface area contributed by atoms with Crippen LogP contribution >= 0.6 is 0 Å². The number of alkyl halides is 3. The molecule has 1 aromatic carbocycles. The molecule has 0 radical (unpaired) electrons. The van der Waals surface area contributed by atoms with Crippen molar-refractivity contribution < 1.29 is 27.8 Å². The van der Waals surface area contributed by atoms with Crippen LogP contribution in [-0.2, 0) is 4.79 Å². The fraction of sp³-hybridized carbons (Fsp3) is 0.417. The third kappa shape index (κ3) is 6.54. The van der Waals surface area contributed by atoms with Crippen molar-refractivity contribution in [2.75, 3.05) is 5.32 Å². The van der Waals surface area contributed by atoms with Crippen LogP contribution in [0.4, 0.5) is 18.9 Å². The first kappa shape index (κ1) is 15.1. The average Bonchev–Trinajstić information content (AvgIpc) is 2.27. The molecule has 1 atom stereocenters. The molecule has 4 nitrogen and oxygen atoms in total. The summed E-state index contributed by atoms with van der Waals surface area (Å²) in [7, 11) is 0. The lowest BCUT2D eigenvalue weighted by Gasteiger charge is -2.15. The van der Waals surface area contributed by atoms with Crippen molar-refractivity contribution >= 4 is 11.7 Å². The summed E-state index contributed by atoms with van der Waals surface area (Å²) in [6.07, 6.45) is -4.25. The number of anilines is 1. The molecule has 0 fully saturated rings. The second-order valence-electron chi connectivity index (χ2n) is 4.05. The van der Waals surface area contributed by atoms with Gasteiger partial charge in [-0.05, 0) is 37.6 Å². The van der Waals surface area contributed by atoms with E-state index in [-0.39, 0.29) is 18.2 Å². The molecule has 0 spiro atoms. The summed E-state index contributed by atoms with van der Waals surface area (Å²) in [4.78, 5) is 10.4. The van der Waals surface area contributed by atoms with E-state index >= 15 is 0 Å². The Hall–Kier alpha value is -1.92. The van der Waals surface area contributed by atoms with Crippen molar-refractivity contribution in [2.45, 2.75) is 32.2 Å². The molecule has 0 bridgehead atoms. The van der Waals surface area contributed by atoms with Gasteiger partial charge < -0.3 is 15.2 Å². The summed E-state index contributed by atoms with van der Waals surface area (Å²) >= 11 is 0. The highest BCUT2D eigenvalue weighted by atomic mass is 19.4. The fourth-order valence-corrected chi connectivity index (χ4v) is 1.45. The number of ether oxygens (including phenoxy) is 1. The van der Waals surface area contributed by atoms with Crippen LogP contribution in [0.25, 0.3) is 0 Å². The van der Waals surface area contributed by atoms with Gasteiger partial charge in [-0.3, -0.25) is 4.79 Å². The monoisotopic (exact) mass is 277 g/mol. The maximum Gasteiger partial charge on any atom is 0.573 e. The van der Waals surface area contributed by atoms with Gasteiger partial charge >= 0.3 is 12.3 Å². The number of aliphatic carboxylic acids is 1. The molecule has 0 aromatic heterocycles. The van der Waals surface area contributed by atoms with Crippen molar-refractivity contribution in [3.05, 3.63) is 24.3 Å². The molecule has 7 heteroatoms. The van der Waals surface area contributed by atoms with Gasteiger partial charge in [0.1, 0.15) is 5.75 Å². The third-order valence-electron chi connectivity index (χ3n) is 2.29. The Bertz CT molecular complexity index is 417. The second kappa shape index (κ2) is 6.31. The number of halogens is 3. The summed E-state index contributed by atoms with van der Waals surface area (Å²) in [6, 6.07) is 5.18. The normalized spacial score (nSPS) is 12.8. The molecule has 0 aliphatic rings. The van der Waals surface area contributed by atoms with Crippen LogP contribution in [0.15, 0.2) is 24.3 Å². The van der Waals surface area contributed by atoms with Gasteiger partial charge in [-0.15, -0.1) is 13.2 Å². The molecule has 0 saturated heterocycles. The standard InChI is InChI=1S/C12H14F3NO3/c1-8(2-7-11(17)18)16-9-3-5-10(6-4-9)19-12(13,14)15/h3-6,8,16H,2,7H2,1H3,(H,17,18). The number of nitrogens with one attached hydrogen (secondary N) is 1. The maximum atomic E-state index is 11.9. The molecular formula is C12H14F3NO3. The molecular weight excluding hydrogens is 263 g/mol. The fourth-order valence-electron chi connectivity index (χ4n) is 1.45. The van der Waals surface area contributed by atoms with E-state index in [0.29, 0.717) is 12.1 Å². The van der Waals surface area contributed by atoms with Crippen molar-refractivity contribution in [1.82, 2.24) is 0 Å². The van der Waals surface area contributed by atoms with Crippen molar-refractivity contribution in [1.29, 1.82) is 0 Å². The number of carboxylic acid groups (broad SMARTS) is 1. The van der Waals surface area contributed by atoms with Crippen molar-refractivity contribution in [3.8, 4) is 5.75 Å². The Kier molecular flexibility index (Phi) is 5.02. The molecule has 0 heterocycles. The summed E-state index contributed by atoms with van der Waals surface area (Å²) in [5.41, 5.74) is 0.604. The summed E-state index contributed by atoms with van der Waals surface area (Å²) in [5, 5.41) is 11.5. The number of hydrogen-bond acceptors (Lipinski definition) is 3. The van der Waals surface area contributed by atoms with Crippen LogP contribution in [0.2, 0.25) is 0 Å². The SMILES string of the molecule is CC(CCC(=O)O)Nc1ccc(OC(F)(F)F)cc1. The number of carbonyl (C=O) groups is 1. The number of hydrogen-bond donors (Lipinski definition) is 2. The zero-order valence-electron chi connectivity index (χ0n) is 10.2.